The Balaban J connectivity index is 2.09. The molecule has 2 aromatic heterocycles. The van der Waals surface area contributed by atoms with E-state index in [1.807, 2.05) is 19.1 Å². The van der Waals surface area contributed by atoms with Crippen molar-refractivity contribution in [3.8, 4) is 0 Å². The summed E-state index contributed by atoms with van der Waals surface area (Å²) in [5.41, 5.74) is 3.21. The van der Waals surface area contributed by atoms with Gasteiger partial charge in [-0.1, -0.05) is 6.42 Å². The van der Waals surface area contributed by atoms with Crippen LogP contribution >= 0.6 is 0 Å². The lowest BCUT2D eigenvalue weighted by molar-refractivity contribution is -0.136. The molecular weight excluding hydrogens is 230 g/mol. The number of aromatic nitrogens is 3. The first-order chi connectivity index (χ1) is 8.65. The van der Waals surface area contributed by atoms with Crippen molar-refractivity contribution >= 4 is 11.6 Å². The molecule has 1 aliphatic rings. The summed E-state index contributed by atoms with van der Waals surface area (Å²) in [5, 5.41) is 13.5. The fraction of sp³-hybridized carbons (Fsp3) is 0.462. The van der Waals surface area contributed by atoms with Gasteiger partial charge in [0.1, 0.15) is 0 Å². The van der Waals surface area contributed by atoms with Crippen LogP contribution in [0.3, 0.4) is 0 Å². The molecule has 1 fully saturated rings. The van der Waals surface area contributed by atoms with E-state index in [2.05, 4.69) is 10.1 Å². The van der Waals surface area contributed by atoms with Gasteiger partial charge >= 0.3 is 5.97 Å². The normalized spacial score (nSPS) is 15.8. The molecule has 1 N–H and O–H groups in total. The Morgan fingerprint density at radius 1 is 1.50 bits per heavy atom. The number of hydrogen-bond donors (Lipinski definition) is 1. The summed E-state index contributed by atoms with van der Waals surface area (Å²) in [4.78, 5) is 15.2. The average molecular weight is 245 g/mol. The van der Waals surface area contributed by atoms with Crippen LogP contribution in [0.25, 0.3) is 5.65 Å². The highest BCUT2D eigenvalue weighted by Gasteiger charge is 2.22. The lowest BCUT2D eigenvalue weighted by Gasteiger charge is -2.24. The predicted molar refractivity (Wildman–Crippen MR) is 65.7 cm³/mol. The topological polar surface area (TPSA) is 67.5 Å². The molecule has 2 aromatic rings. The van der Waals surface area contributed by atoms with Crippen LogP contribution in [0.4, 0.5) is 0 Å². The summed E-state index contributed by atoms with van der Waals surface area (Å²) in [6.07, 6.45) is 3.59. The van der Waals surface area contributed by atoms with E-state index < -0.39 is 5.97 Å². The highest BCUT2D eigenvalue weighted by atomic mass is 16.4. The van der Waals surface area contributed by atoms with Crippen molar-refractivity contribution in [3.05, 3.63) is 29.2 Å². The van der Waals surface area contributed by atoms with Crippen LogP contribution in [-0.4, -0.2) is 25.7 Å². The standard InChI is InChI=1S/C13H15N3O2/c1-8-11(7-13(17)18)16-12(14-8)6-5-10(15-16)9-3-2-4-9/h5-6,9H,2-4,7H2,1H3,(H,17,18). The van der Waals surface area contributed by atoms with Gasteiger partial charge in [-0.15, -0.1) is 0 Å². The third-order valence-corrected chi connectivity index (χ3v) is 3.63. The highest BCUT2D eigenvalue weighted by Crippen LogP contribution is 2.35. The van der Waals surface area contributed by atoms with Crippen molar-refractivity contribution in [3.63, 3.8) is 0 Å². The Morgan fingerprint density at radius 2 is 2.28 bits per heavy atom. The molecule has 18 heavy (non-hydrogen) atoms. The maximum Gasteiger partial charge on any atom is 0.309 e. The van der Waals surface area contributed by atoms with E-state index >= 15 is 0 Å². The maximum absolute atomic E-state index is 10.9. The number of carboxylic acids is 1. The maximum atomic E-state index is 10.9. The van der Waals surface area contributed by atoms with E-state index in [9.17, 15) is 4.79 Å². The van der Waals surface area contributed by atoms with Crippen LogP contribution < -0.4 is 0 Å². The van der Waals surface area contributed by atoms with Gasteiger partial charge in [-0.2, -0.15) is 5.10 Å². The van der Waals surface area contributed by atoms with Gasteiger partial charge in [-0.05, 0) is 31.9 Å². The van der Waals surface area contributed by atoms with Crippen LogP contribution in [0.5, 0.6) is 0 Å². The minimum atomic E-state index is -0.851. The Bertz CT molecular complexity index is 614. The molecule has 1 saturated carbocycles. The second-order valence-corrected chi connectivity index (χ2v) is 4.87. The van der Waals surface area contributed by atoms with Crippen LogP contribution in [-0.2, 0) is 11.2 Å². The van der Waals surface area contributed by atoms with Crippen molar-refractivity contribution < 1.29 is 9.90 Å². The number of hydrogen-bond acceptors (Lipinski definition) is 3. The minimum absolute atomic E-state index is 0.0336. The molecule has 0 saturated heterocycles. The van der Waals surface area contributed by atoms with Gasteiger partial charge in [-0.3, -0.25) is 4.79 Å². The van der Waals surface area contributed by atoms with Gasteiger partial charge < -0.3 is 5.11 Å². The van der Waals surface area contributed by atoms with E-state index in [1.165, 1.54) is 19.3 Å². The van der Waals surface area contributed by atoms with Crippen LogP contribution in [0, 0.1) is 6.92 Å². The summed E-state index contributed by atoms with van der Waals surface area (Å²) in [7, 11) is 0. The van der Waals surface area contributed by atoms with Crippen molar-refractivity contribution in [1.29, 1.82) is 0 Å². The van der Waals surface area contributed by atoms with E-state index in [0.29, 0.717) is 11.6 Å². The van der Waals surface area contributed by atoms with Crippen molar-refractivity contribution in [2.45, 2.75) is 38.5 Å². The third kappa shape index (κ3) is 1.75. The third-order valence-electron chi connectivity index (χ3n) is 3.63. The number of nitrogens with zero attached hydrogens (tertiary/aromatic N) is 3. The zero-order valence-corrected chi connectivity index (χ0v) is 10.3. The van der Waals surface area contributed by atoms with E-state index in [4.69, 9.17) is 5.11 Å². The Labute approximate surface area is 104 Å². The van der Waals surface area contributed by atoms with Gasteiger partial charge in [0, 0.05) is 5.92 Å². The Morgan fingerprint density at radius 3 is 2.89 bits per heavy atom. The molecule has 0 aromatic carbocycles. The van der Waals surface area contributed by atoms with Crippen molar-refractivity contribution in [1.82, 2.24) is 14.6 Å². The Kier molecular flexibility index (Phi) is 2.54. The van der Waals surface area contributed by atoms with Crippen molar-refractivity contribution in [2.24, 2.45) is 0 Å². The summed E-state index contributed by atoms with van der Waals surface area (Å²) >= 11 is 0. The zero-order chi connectivity index (χ0) is 12.7. The fourth-order valence-electron chi connectivity index (χ4n) is 2.37. The minimum Gasteiger partial charge on any atom is -0.481 e. The molecule has 5 nitrogen and oxygen atoms in total. The molecule has 0 aliphatic heterocycles. The number of carbonyl (C=O) groups is 1. The number of carboxylic acid groups (broad SMARTS) is 1. The second kappa shape index (κ2) is 4.08. The molecule has 0 amide bonds. The number of rotatable bonds is 3. The zero-order valence-electron chi connectivity index (χ0n) is 10.3. The first-order valence-corrected chi connectivity index (χ1v) is 6.22. The molecule has 0 bridgehead atoms. The quantitative estimate of drug-likeness (QED) is 0.897. The van der Waals surface area contributed by atoms with Gasteiger partial charge in [0.05, 0.1) is 23.5 Å². The first-order valence-electron chi connectivity index (χ1n) is 6.22. The number of aliphatic carboxylic acids is 1. The summed E-state index contributed by atoms with van der Waals surface area (Å²) in [6.45, 7) is 1.83. The molecule has 5 heteroatoms. The monoisotopic (exact) mass is 245 g/mol. The summed E-state index contributed by atoms with van der Waals surface area (Å²) in [6, 6.07) is 3.94. The molecule has 0 unspecified atom stereocenters. The molecule has 3 rings (SSSR count). The molecule has 94 valence electrons. The van der Waals surface area contributed by atoms with Gasteiger partial charge in [0.25, 0.3) is 0 Å². The molecule has 1 aliphatic carbocycles. The van der Waals surface area contributed by atoms with E-state index in [0.717, 1.165) is 17.0 Å². The second-order valence-electron chi connectivity index (χ2n) is 4.87. The summed E-state index contributed by atoms with van der Waals surface area (Å²) < 4.78 is 1.69. The van der Waals surface area contributed by atoms with Crippen molar-refractivity contribution in [2.75, 3.05) is 0 Å². The fourth-order valence-corrected chi connectivity index (χ4v) is 2.37. The SMILES string of the molecule is Cc1nc2ccc(C3CCC3)nn2c1CC(=O)O. The van der Waals surface area contributed by atoms with Crippen LogP contribution in [0.1, 0.15) is 42.3 Å². The lowest BCUT2D eigenvalue weighted by Crippen LogP contribution is -2.13. The number of fused-ring (bicyclic) bond motifs is 1. The number of aryl methyl sites for hydroxylation is 1. The molecule has 0 radical (unpaired) electrons. The summed E-state index contributed by atoms with van der Waals surface area (Å²) in [5.74, 6) is -0.314. The van der Waals surface area contributed by atoms with E-state index in [1.54, 1.807) is 4.52 Å². The smallest absolute Gasteiger partial charge is 0.309 e. The largest absolute Gasteiger partial charge is 0.481 e. The highest BCUT2D eigenvalue weighted by molar-refractivity contribution is 5.70. The van der Waals surface area contributed by atoms with Gasteiger partial charge in [-0.25, -0.2) is 9.50 Å². The van der Waals surface area contributed by atoms with Gasteiger partial charge in [0.15, 0.2) is 5.65 Å². The van der Waals surface area contributed by atoms with Gasteiger partial charge in [0.2, 0.25) is 0 Å². The predicted octanol–water partition coefficient (Wildman–Crippen LogP) is 1.93. The molecular formula is C13H15N3O2. The molecule has 0 spiro atoms. The Hall–Kier alpha value is -1.91. The molecule has 0 atom stereocenters. The molecule has 2 heterocycles. The number of imidazole rings is 1. The lowest BCUT2D eigenvalue weighted by atomic mass is 9.83. The van der Waals surface area contributed by atoms with Crippen LogP contribution in [0.2, 0.25) is 0 Å². The van der Waals surface area contributed by atoms with E-state index in [-0.39, 0.29) is 6.42 Å². The first kappa shape index (κ1) is 11.2. The van der Waals surface area contributed by atoms with Crippen LogP contribution in [0.15, 0.2) is 12.1 Å². The average Bonchev–Trinajstić information content (AvgIpc) is 2.53.